The summed E-state index contributed by atoms with van der Waals surface area (Å²) in [6.07, 6.45) is -4.99. The summed E-state index contributed by atoms with van der Waals surface area (Å²) in [7, 11) is 0. The normalized spacial score (nSPS) is 24.7. The number of hydrogen-bond acceptors (Lipinski definition) is 4. The van der Waals surface area contributed by atoms with Crippen LogP contribution in [0.2, 0.25) is 0 Å². The van der Waals surface area contributed by atoms with Gasteiger partial charge in [0.1, 0.15) is 0 Å². The molecule has 2 bridgehead atoms. The molecule has 4 atom stereocenters. The zero-order valence-electron chi connectivity index (χ0n) is 21.3. The first kappa shape index (κ1) is 28.2. The molecule has 2 fully saturated rings. The van der Waals surface area contributed by atoms with Gasteiger partial charge in [-0.05, 0) is 60.6 Å². The summed E-state index contributed by atoms with van der Waals surface area (Å²) in [5, 5.41) is 13.2. The number of rotatable bonds is 8. The molecule has 0 spiro atoms. The van der Waals surface area contributed by atoms with Gasteiger partial charge in [0.15, 0.2) is 0 Å². The first-order chi connectivity index (χ1) is 19.0. The number of nitrogens with one attached hydrogen (secondary N) is 3. The standard InChI is InChI=1S/C28H28F6N4O2/c29-27(30,31)20-10-18(11-21(12-20)28(32,33)34)16-40-24-7-6-23-22(25(39)35-9-8-17-14-36-37-15-17)13-26(24,38-23)19-4-2-1-3-5-19/h1-5,10-12,14-15,22-24,38H,6-9,13,16H2,(H,35,39)(H,36,37). The highest BCUT2D eigenvalue weighted by Gasteiger charge is 2.56. The lowest BCUT2D eigenvalue weighted by atomic mass is 9.80. The van der Waals surface area contributed by atoms with Crippen LogP contribution in [0, 0.1) is 5.92 Å². The van der Waals surface area contributed by atoms with Crippen LogP contribution in [0.15, 0.2) is 60.9 Å². The molecule has 1 amide bonds. The second kappa shape index (κ2) is 10.9. The first-order valence-electron chi connectivity index (χ1n) is 12.9. The molecule has 6 nitrogen and oxygen atoms in total. The summed E-state index contributed by atoms with van der Waals surface area (Å²) in [4.78, 5) is 13.2. The van der Waals surface area contributed by atoms with E-state index in [4.69, 9.17) is 4.74 Å². The summed E-state index contributed by atoms with van der Waals surface area (Å²) in [6.45, 7) is -0.0168. The van der Waals surface area contributed by atoms with Gasteiger partial charge < -0.3 is 15.4 Å². The maximum Gasteiger partial charge on any atom is 0.416 e. The highest BCUT2D eigenvalue weighted by atomic mass is 19.4. The minimum absolute atomic E-state index is 0.106. The molecule has 2 aliphatic rings. The minimum Gasteiger partial charge on any atom is -0.371 e. The number of hydrogen-bond donors (Lipinski definition) is 3. The van der Waals surface area contributed by atoms with Crippen LogP contribution in [0.1, 0.15) is 47.1 Å². The summed E-state index contributed by atoms with van der Waals surface area (Å²) in [5.74, 6) is -0.504. The van der Waals surface area contributed by atoms with Crippen LogP contribution < -0.4 is 10.6 Å². The average Bonchev–Trinajstić information content (AvgIpc) is 3.54. The molecule has 5 rings (SSSR count). The van der Waals surface area contributed by atoms with E-state index in [9.17, 15) is 31.1 Å². The number of amides is 1. The van der Waals surface area contributed by atoms with Gasteiger partial charge in [-0.2, -0.15) is 31.4 Å². The van der Waals surface area contributed by atoms with Crippen LogP contribution >= 0.6 is 0 Å². The van der Waals surface area contributed by atoms with E-state index < -0.39 is 41.7 Å². The number of alkyl halides is 6. The number of nitrogens with zero attached hydrogens (tertiary/aromatic N) is 1. The lowest BCUT2D eigenvalue weighted by Gasteiger charge is -2.42. The van der Waals surface area contributed by atoms with Gasteiger partial charge in [-0.15, -0.1) is 0 Å². The molecule has 214 valence electrons. The van der Waals surface area contributed by atoms with Crippen LogP contribution in [-0.4, -0.2) is 34.8 Å². The zero-order valence-corrected chi connectivity index (χ0v) is 21.3. The third-order valence-electron chi connectivity index (χ3n) is 7.75. The number of carbonyl (C=O) groups excluding carboxylic acids is 1. The van der Waals surface area contributed by atoms with Gasteiger partial charge in [-0.25, -0.2) is 0 Å². The highest BCUT2D eigenvalue weighted by Crippen LogP contribution is 2.48. The number of aromatic nitrogens is 2. The number of aromatic amines is 1. The number of piperidine rings is 1. The molecule has 3 N–H and O–H groups in total. The van der Waals surface area contributed by atoms with E-state index in [0.29, 0.717) is 44.4 Å². The lowest BCUT2D eigenvalue weighted by Crippen LogP contribution is -2.54. The monoisotopic (exact) mass is 566 g/mol. The predicted octanol–water partition coefficient (Wildman–Crippen LogP) is 5.36. The molecule has 2 aliphatic heterocycles. The quantitative estimate of drug-likeness (QED) is 0.321. The fourth-order valence-corrected chi connectivity index (χ4v) is 5.85. The molecule has 0 aliphatic carbocycles. The van der Waals surface area contributed by atoms with Crippen LogP contribution in [-0.2, 0) is 40.5 Å². The molecule has 0 radical (unpaired) electrons. The Hall–Kier alpha value is -3.38. The van der Waals surface area contributed by atoms with Crippen molar-refractivity contribution in [2.24, 2.45) is 5.92 Å². The summed E-state index contributed by atoms with van der Waals surface area (Å²) >= 11 is 0. The smallest absolute Gasteiger partial charge is 0.371 e. The van der Waals surface area contributed by atoms with E-state index in [2.05, 4.69) is 20.8 Å². The molecular formula is C28H28F6N4O2. The fraction of sp³-hybridized carbons (Fsp3) is 0.429. The molecular weight excluding hydrogens is 538 g/mol. The number of ether oxygens (including phenoxy) is 1. The van der Waals surface area contributed by atoms with E-state index in [1.807, 2.05) is 30.3 Å². The number of halogens is 6. The molecule has 3 heterocycles. The molecule has 1 aromatic heterocycles. The topological polar surface area (TPSA) is 79.0 Å². The first-order valence-corrected chi connectivity index (χ1v) is 12.9. The van der Waals surface area contributed by atoms with E-state index in [1.165, 1.54) is 0 Å². The van der Waals surface area contributed by atoms with Gasteiger partial charge in [0, 0.05) is 18.8 Å². The van der Waals surface area contributed by atoms with E-state index >= 15 is 0 Å². The van der Waals surface area contributed by atoms with Crippen molar-refractivity contribution in [1.29, 1.82) is 0 Å². The second-order valence-electron chi connectivity index (χ2n) is 10.3. The summed E-state index contributed by atoms with van der Waals surface area (Å²) < 4.78 is 86.3. The van der Waals surface area contributed by atoms with Crippen molar-refractivity contribution in [2.45, 2.75) is 62.3 Å². The Morgan fingerprint density at radius 1 is 1.00 bits per heavy atom. The van der Waals surface area contributed by atoms with Crippen molar-refractivity contribution < 1.29 is 35.9 Å². The van der Waals surface area contributed by atoms with E-state index in [-0.39, 0.29) is 29.5 Å². The van der Waals surface area contributed by atoms with Gasteiger partial charge in [0.2, 0.25) is 5.91 Å². The Morgan fingerprint density at radius 3 is 2.33 bits per heavy atom. The third-order valence-corrected chi connectivity index (χ3v) is 7.75. The maximum absolute atomic E-state index is 13.4. The van der Waals surface area contributed by atoms with Crippen LogP contribution in [0.3, 0.4) is 0 Å². The van der Waals surface area contributed by atoms with Crippen molar-refractivity contribution >= 4 is 5.91 Å². The van der Waals surface area contributed by atoms with Crippen molar-refractivity contribution in [3.05, 3.63) is 88.7 Å². The van der Waals surface area contributed by atoms with E-state index in [1.54, 1.807) is 12.4 Å². The SMILES string of the molecule is O=C(NCCc1cn[nH]c1)C1CC2(c3ccccc3)NC1CCC2OCc1cc(C(F)(F)F)cc(C(F)(F)F)c1. The largest absolute Gasteiger partial charge is 0.416 e. The second-order valence-corrected chi connectivity index (χ2v) is 10.3. The molecule has 0 saturated carbocycles. The molecule has 2 saturated heterocycles. The molecule has 2 aromatic carbocycles. The van der Waals surface area contributed by atoms with Crippen molar-refractivity contribution in [1.82, 2.24) is 20.8 Å². The van der Waals surface area contributed by atoms with E-state index in [0.717, 1.165) is 11.1 Å². The van der Waals surface area contributed by atoms with Gasteiger partial charge >= 0.3 is 12.4 Å². The van der Waals surface area contributed by atoms with Gasteiger partial charge in [-0.1, -0.05) is 30.3 Å². The summed E-state index contributed by atoms with van der Waals surface area (Å²) in [6, 6.07) is 10.6. The number of benzene rings is 2. The van der Waals surface area contributed by atoms with Crippen molar-refractivity contribution in [3.8, 4) is 0 Å². The highest BCUT2D eigenvalue weighted by molar-refractivity contribution is 5.80. The third kappa shape index (κ3) is 5.87. The van der Waals surface area contributed by atoms with Crippen LogP contribution in [0.4, 0.5) is 26.3 Å². The van der Waals surface area contributed by atoms with Crippen LogP contribution in [0.25, 0.3) is 0 Å². The zero-order chi connectivity index (χ0) is 28.5. The maximum atomic E-state index is 13.4. The van der Waals surface area contributed by atoms with Gasteiger partial charge in [0.05, 0.1) is 41.5 Å². The molecule has 40 heavy (non-hydrogen) atoms. The average molecular weight is 567 g/mol. The number of fused-ring (bicyclic) bond motifs is 2. The predicted molar refractivity (Wildman–Crippen MR) is 133 cm³/mol. The molecule has 12 heteroatoms. The Balaban J connectivity index is 1.36. The number of carbonyl (C=O) groups is 1. The fourth-order valence-electron chi connectivity index (χ4n) is 5.85. The molecule has 3 aromatic rings. The minimum atomic E-state index is -4.94. The van der Waals surface area contributed by atoms with Crippen molar-refractivity contribution in [2.75, 3.05) is 6.54 Å². The van der Waals surface area contributed by atoms with Gasteiger partial charge in [0.25, 0.3) is 0 Å². The lowest BCUT2D eigenvalue weighted by molar-refractivity contribution is -0.143. The Bertz CT molecular complexity index is 1280. The van der Waals surface area contributed by atoms with Crippen molar-refractivity contribution in [3.63, 3.8) is 0 Å². The van der Waals surface area contributed by atoms with Crippen LogP contribution in [0.5, 0.6) is 0 Å². The summed E-state index contributed by atoms with van der Waals surface area (Å²) in [5.41, 5.74) is -2.01. The Labute approximate surface area is 226 Å². The van der Waals surface area contributed by atoms with Gasteiger partial charge in [-0.3, -0.25) is 9.89 Å². The molecule has 4 unspecified atom stereocenters. The Kier molecular flexibility index (Phi) is 7.66. The number of H-pyrrole nitrogens is 1. The Morgan fingerprint density at radius 2 is 1.70 bits per heavy atom.